The number of thiazole rings is 1. The van der Waals surface area contributed by atoms with Crippen molar-refractivity contribution in [2.24, 2.45) is 0 Å². The highest BCUT2D eigenvalue weighted by molar-refractivity contribution is 7.14. The summed E-state index contributed by atoms with van der Waals surface area (Å²) >= 11 is 1.25. The van der Waals surface area contributed by atoms with Crippen LogP contribution in [0.1, 0.15) is 5.56 Å². The maximum absolute atomic E-state index is 12.3. The molecule has 28 heavy (non-hydrogen) atoms. The van der Waals surface area contributed by atoms with Crippen molar-refractivity contribution < 1.29 is 19.2 Å². The van der Waals surface area contributed by atoms with Gasteiger partial charge in [-0.15, -0.1) is 11.3 Å². The zero-order valence-electron chi connectivity index (χ0n) is 15.2. The molecule has 3 rings (SSSR count). The number of methoxy groups -OCH3 is 2. The molecule has 0 saturated carbocycles. The van der Waals surface area contributed by atoms with E-state index < -0.39 is 4.92 Å². The van der Waals surface area contributed by atoms with E-state index in [1.807, 2.05) is 0 Å². The maximum Gasteiger partial charge on any atom is 0.273 e. The van der Waals surface area contributed by atoms with Crippen LogP contribution in [0.15, 0.2) is 47.8 Å². The lowest BCUT2D eigenvalue weighted by molar-refractivity contribution is -0.385. The predicted molar refractivity (Wildman–Crippen MR) is 106 cm³/mol. The molecule has 8 nitrogen and oxygen atoms in total. The van der Waals surface area contributed by atoms with E-state index in [1.165, 1.54) is 17.4 Å². The van der Waals surface area contributed by atoms with Gasteiger partial charge in [-0.3, -0.25) is 14.9 Å². The molecule has 1 N–H and O–H groups in total. The van der Waals surface area contributed by atoms with Gasteiger partial charge >= 0.3 is 0 Å². The first-order chi connectivity index (χ1) is 13.5. The van der Waals surface area contributed by atoms with E-state index in [-0.39, 0.29) is 18.0 Å². The number of amides is 1. The van der Waals surface area contributed by atoms with Crippen LogP contribution in [0.5, 0.6) is 11.5 Å². The Hall–Kier alpha value is -3.46. The molecule has 1 aromatic heterocycles. The molecular formula is C19H17N3O5S. The molecule has 0 unspecified atom stereocenters. The summed E-state index contributed by atoms with van der Waals surface area (Å²) in [6.45, 7) is 0. The second-order valence-electron chi connectivity index (χ2n) is 5.71. The highest BCUT2D eigenvalue weighted by Crippen LogP contribution is 2.35. The molecule has 0 aliphatic carbocycles. The van der Waals surface area contributed by atoms with Crippen LogP contribution in [0.2, 0.25) is 0 Å². The topological polar surface area (TPSA) is 104 Å². The Labute approximate surface area is 164 Å². The Bertz CT molecular complexity index is 1020. The fraction of sp³-hybridized carbons (Fsp3) is 0.158. The molecule has 3 aromatic rings. The molecule has 0 saturated heterocycles. The Kier molecular flexibility index (Phi) is 5.85. The molecule has 0 bridgehead atoms. The van der Waals surface area contributed by atoms with Gasteiger partial charge in [0, 0.05) is 22.6 Å². The number of benzene rings is 2. The minimum absolute atomic E-state index is 0.0846. The van der Waals surface area contributed by atoms with Crippen LogP contribution in [0.4, 0.5) is 10.8 Å². The first-order valence-corrected chi connectivity index (χ1v) is 9.10. The molecule has 0 atom stereocenters. The fourth-order valence-corrected chi connectivity index (χ4v) is 3.37. The second kappa shape index (κ2) is 8.49. The van der Waals surface area contributed by atoms with Crippen LogP contribution in [0.3, 0.4) is 0 Å². The number of aromatic nitrogens is 1. The van der Waals surface area contributed by atoms with Gasteiger partial charge in [0.1, 0.15) is 11.5 Å². The first-order valence-electron chi connectivity index (χ1n) is 8.22. The number of hydrogen-bond donors (Lipinski definition) is 1. The number of nitro groups is 1. The highest BCUT2D eigenvalue weighted by Gasteiger charge is 2.17. The van der Waals surface area contributed by atoms with Gasteiger partial charge in [0.25, 0.3) is 5.69 Å². The Morgan fingerprint density at radius 2 is 2.00 bits per heavy atom. The third-order valence-electron chi connectivity index (χ3n) is 3.97. The molecule has 2 aromatic carbocycles. The summed E-state index contributed by atoms with van der Waals surface area (Å²) in [5.74, 6) is 0.905. The van der Waals surface area contributed by atoms with Crippen molar-refractivity contribution in [3.8, 4) is 22.8 Å². The predicted octanol–water partition coefficient (Wildman–Crippen LogP) is 3.92. The SMILES string of the molecule is COc1ccc(OC)c(-c2csc(NC(=O)Cc3ccccc3[N+](=O)[O-])n2)c1. The minimum atomic E-state index is -0.501. The molecule has 0 aliphatic heterocycles. The number of rotatable bonds is 7. The number of ether oxygens (including phenoxy) is 2. The lowest BCUT2D eigenvalue weighted by atomic mass is 10.1. The number of hydrogen-bond acceptors (Lipinski definition) is 7. The lowest BCUT2D eigenvalue weighted by Gasteiger charge is -2.08. The summed E-state index contributed by atoms with van der Waals surface area (Å²) in [6, 6.07) is 11.5. The summed E-state index contributed by atoms with van der Waals surface area (Å²) in [5.41, 5.74) is 1.62. The summed E-state index contributed by atoms with van der Waals surface area (Å²) in [7, 11) is 3.13. The lowest BCUT2D eigenvalue weighted by Crippen LogP contribution is -2.15. The quantitative estimate of drug-likeness (QED) is 0.477. The smallest absolute Gasteiger partial charge is 0.273 e. The van der Waals surface area contributed by atoms with Gasteiger partial charge in [0.15, 0.2) is 5.13 Å². The average Bonchev–Trinajstić information content (AvgIpc) is 3.15. The normalized spacial score (nSPS) is 10.4. The molecule has 1 amide bonds. The molecule has 1 heterocycles. The van der Waals surface area contributed by atoms with Gasteiger partial charge in [-0.25, -0.2) is 4.98 Å². The molecule has 0 spiro atoms. The van der Waals surface area contributed by atoms with Crippen molar-refractivity contribution in [3.05, 3.63) is 63.5 Å². The number of nitrogens with one attached hydrogen (secondary N) is 1. The monoisotopic (exact) mass is 399 g/mol. The largest absolute Gasteiger partial charge is 0.497 e. The van der Waals surface area contributed by atoms with Gasteiger partial charge in [-0.2, -0.15) is 0 Å². The van der Waals surface area contributed by atoms with Crippen LogP contribution in [0.25, 0.3) is 11.3 Å². The van der Waals surface area contributed by atoms with E-state index in [4.69, 9.17) is 9.47 Å². The van der Waals surface area contributed by atoms with Crippen molar-refractivity contribution >= 4 is 28.1 Å². The zero-order chi connectivity index (χ0) is 20.1. The summed E-state index contributed by atoms with van der Waals surface area (Å²) in [6.07, 6.45) is -0.117. The van der Waals surface area contributed by atoms with Crippen molar-refractivity contribution in [1.82, 2.24) is 4.98 Å². The summed E-state index contributed by atoms with van der Waals surface area (Å²) in [5, 5.41) is 15.9. The second-order valence-corrected chi connectivity index (χ2v) is 6.57. The van der Waals surface area contributed by atoms with Gasteiger partial charge in [0.2, 0.25) is 5.91 Å². The molecular weight excluding hydrogens is 382 g/mol. The number of carbonyl (C=O) groups is 1. The van der Waals surface area contributed by atoms with E-state index in [9.17, 15) is 14.9 Å². The first kappa shape index (κ1) is 19.3. The van der Waals surface area contributed by atoms with Crippen LogP contribution in [-0.2, 0) is 11.2 Å². The van der Waals surface area contributed by atoms with Gasteiger partial charge in [0.05, 0.1) is 31.3 Å². The molecule has 0 aliphatic rings. The maximum atomic E-state index is 12.3. The van der Waals surface area contributed by atoms with Crippen LogP contribution < -0.4 is 14.8 Å². The highest BCUT2D eigenvalue weighted by atomic mass is 32.1. The van der Waals surface area contributed by atoms with Crippen molar-refractivity contribution in [3.63, 3.8) is 0 Å². The van der Waals surface area contributed by atoms with Crippen LogP contribution in [0, 0.1) is 10.1 Å². The van der Waals surface area contributed by atoms with E-state index >= 15 is 0 Å². The number of nitro benzene ring substituents is 1. The van der Waals surface area contributed by atoms with E-state index in [2.05, 4.69) is 10.3 Å². The van der Waals surface area contributed by atoms with E-state index in [1.54, 1.807) is 56.0 Å². The fourth-order valence-electron chi connectivity index (χ4n) is 2.64. The third-order valence-corrected chi connectivity index (χ3v) is 4.73. The van der Waals surface area contributed by atoms with Crippen LogP contribution in [-0.4, -0.2) is 30.0 Å². The number of carbonyl (C=O) groups excluding carboxylic acids is 1. The minimum Gasteiger partial charge on any atom is -0.497 e. The van der Waals surface area contributed by atoms with Gasteiger partial charge in [-0.1, -0.05) is 18.2 Å². The zero-order valence-corrected chi connectivity index (χ0v) is 16.0. The molecule has 0 fully saturated rings. The number of para-hydroxylation sites is 1. The Morgan fingerprint density at radius 1 is 1.21 bits per heavy atom. The molecule has 9 heteroatoms. The van der Waals surface area contributed by atoms with Crippen molar-refractivity contribution in [2.75, 3.05) is 19.5 Å². The third kappa shape index (κ3) is 4.26. The van der Waals surface area contributed by atoms with Gasteiger partial charge in [-0.05, 0) is 18.2 Å². The summed E-state index contributed by atoms with van der Waals surface area (Å²) in [4.78, 5) is 27.3. The number of nitrogens with zero attached hydrogens (tertiary/aromatic N) is 2. The van der Waals surface area contributed by atoms with E-state index in [0.717, 1.165) is 5.56 Å². The standard InChI is InChI=1S/C19H17N3O5S/c1-26-13-7-8-17(27-2)14(10-13)15-11-28-19(20-15)21-18(23)9-12-5-3-4-6-16(12)22(24)25/h3-8,10-11H,9H2,1-2H3,(H,20,21,23). The Morgan fingerprint density at radius 3 is 2.71 bits per heavy atom. The van der Waals surface area contributed by atoms with E-state index in [0.29, 0.717) is 27.9 Å². The van der Waals surface area contributed by atoms with Crippen molar-refractivity contribution in [2.45, 2.75) is 6.42 Å². The van der Waals surface area contributed by atoms with Gasteiger partial charge < -0.3 is 14.8 Å². The number of anilines is 1. The average molecular weight is 399 g/mol. The molecule has 0 radical (unpaired) electrons. The Balaban J connectivity index is 1.77. The summed E-state index contributed by atoms with van der Waals surface area (Å²) < 4.78 is 10.6. The van der Waals surface area contributed by atoms with Crippen molar-refractivity contribution in [1.29, 1.82) is 0 Å². The molecule has 144 valence electrons. The van der Waals surface area contributed by atoms with Crippen LogP contribution >= 0.6 is 11.3 Å².